The van der Waals surface area contributed by atoms with Crippen LogP contribution in [-0.2, 0) is 61.7 Å². The highest BCUT2D eigenvalue weighted by atomic mass is 28.5. The van der Waals surface area contributed by atoms with Gasteiger partial charge in [-0.15, -0.1) is 0 Å². The Morgan fingerprint density at radius 1 is 0.636 bits per heavy atom. The molecule has 0 aromatic heterocycles. The van der Waals surface area contributed by atoms with E-state index in [0.29, 0.717) is 0 Å². The molecule has 0 rings (SSSR count). The molecule has 0 bridgehead atoms. The zero-order valence-electron chi connectivity index (χ0n) is 20.6. The zero-order valence-corrected chi connectivity index (χ0v) is 24.6. The van der Waals surface area contributed by atoms with Crippen LogP contribution in [0, 0.1) is 0 Å². The Morgan fingerprint density at radius 2 is 0.939 bits per heavy atom. The first-order valence-electron chi connectivity index (χ1n) is 9.48. The van der Waals surface area contributed by atoms with E-state index in [1.807, 2.05) is 0 Å². The van der Waals surface area contributed by atoms with Crippen molar-refractivity contribution >= 4 is 41.9 Å². The van der Waals surface area contributed by atoms with Crippen LogP contribution in [0.4, 0.5) is 0 Å². The Morgan fingerprint density at radius 3 is 1.18 bits per heavy atom. The fourth-order valence-electron chi connectivity index (χ4n) is 2.43. The lowest BCUT2D eigenvalue weighted by Crippen LogP contribution is -2.69. The van der Waals surface area contributed by atoms with Crippen LogP contribution in [0.5, 0.6) is 0 Å². The first kappa shape index (κ1) is 32.6. The molecule has 0 radical (unpaired) electrons. The average Bonchev–Trinajstić information content (AvgIpc) is 2.87. The third kappa shape index (κ3) is 9.29. The van der Waals surface area contributed by atoms with E-state index in [4.69, 9.17) is 56.9 Å². The van der Waals surface area contributed by atoms with Crippen molar-refractivity contribution in [2.24, 2.45) is 0 Å². The predicted octanol–water partition coefficient (Wildman–Crippen LogP) is 0.219. The van der Waals surface area contributed by atoms with Crippen molar-refractivity contribution in [1.82, 2.24) is 0 Å². The zero-order chi connectivity index (χ0) is 25.6. The molecule has 0 fully saturated rings. The van der Waals surface area contributed by atoms with Crippen LogP contribution in [0.2, 0.25) is 6.04 Å². The minimum Gasteiger partial charge on any atom is -0.463 e. The topological polar surface area (TPSA) is 137 Å². The molecule has 0 N–H and O–H groups in total. The van der Waals surface area contributed by atoms with E-state index in [1.54, 1.807) is 0 Å². The SMILES string of the molecule is C=CC(=O)OCCC[Si](O[Si](OC)(OC)OC)(O[Si](OC)(OC)OC)O[Si](OC)(OC)OC. The number of ether oxygens (including phenoxy) is 1. The molecule has 0 aliphatic carbocycles. The Kier molecular flexibility index (Phi) is 15.4. The van der Waals surface area contributed by atoms with Gasteiger partial charge < -0.3 is 56.9 Å². The molecule has 0 spiro atoms. The molecule has 0 saturated heterocycles. The van der Waals surface area contributed by atoms with Crippen LogP contribution in [-0.4, -0.2) is 113 Å². The van der Waals surface area contributed by atoms with Gasteiger partial charge in [-0.25, -0.2) is 4.79 Å². The van der Waals surface area contributed by atoms with Gasteiger partial charge in [-0.2, -0.15) is 0 Å². The maximum atomic E-state index is 11.5. The Labute approximate surface area is 199 Å². The second-order valence-electron chi connectivity index (χ2n) is 5.80. The number of hydrogen-bond donors (Lipinski definition) is 0. The van der Waals surface area contributed by atoms with E-state index in [2.05, 4.69) is 6.58 Å². The molecule has 0 saturated carbocycles. The van der Waals surface area contributed by atoms with Gasteiger partial charge in [0, 0.05) is 76.1 Å². The summed E-state index contributed by atoms with van der Waals surface area (Å²) in [5.74, 6) is -0.594. The predicted molar refractivity (Wildman–Crippen MR) is 120 cm³/mol. The van der Waals surface area contributed by atoms with Gasteiger partial charge in [0.1, 0.15) is 0 Å². The summed E-state index contributed by atoms with van der Waals surface area (Å²) in [4.78, 5) is 11.5. The normalized spacial score (nSPS) is 13.2. The highest BCUT2D eigenvalue weighted by Gasteiger charge is 2.65. The van der Waals surface area contributed by atoms with Crippen LogP contribution in [0.15, 0.2) is 12.7 Å². The summed E-state index contributed by atoms with van der Waals surface area (Å²) in [7, 11) is -3.54. The Balaban J connectivity index is 6.50. The van der Waals surface area contributed by atoms with E-state index in [9.17, 15) is 4.79 Å². The van der Waals surface area contributed by atoms with E-state index in [0.717, 1.165) is 6.08 Å². The monoisotopic (exact) mass is 552 g/mol. The first-order chi connectivity index (χ1) is 15.6. The standard InChI is InChI=1S/C15H36O14Si4/c1-11-15(16)26-13-12-14-30(27-31(17-2,18-3)19-4,28-32(20-5,21-6)22-7)29-33(23-8,24-9)25-10/h11H,1,12-14H2,2-10H3. The maximum absolute atomic E-state index is 11.5. The molecule has 14 nitrogen and oxygen atoms in total. The Hall–Kier alpha value is -0.402. The third-order valence-corrected chi connectivity index (χ3v) is 16.3. The first-order valence-corrected chi connectivity index (χ1v) is 16.3. The lowest BCUT2D eigenvalue weighted by atomic mass is 10.5. The van der Waals surface area contributed by atoms with Crippen molar-refractivity contribution < 1.29 is 61.7 Å². The largest absolute Gasteiger partial charge is 0.671 e. The molecular weight excluding hydrogens is 516 g/mol. The summed E-state index contributed by atoms with van der Waals surface area (Å²) in [6, 6.07) is 0.0118. The van der Waals surface area contributed by atoms with Gasteiger partial charge in [0.25, 0.3) is 0 Å². The summed E-state index contributed by atoms with van der Waals surface area (Å²) in [5.41, 5.74) is 0. The van der Waals surface area contributed by atoms with E-state index in [-0.39, 0.29) is 19.1 Å². The molecule has 0 amide bonds. The van der Waals surface area contributed by atoms with Crippen LogP contribution in [0.3, 0.4) is 0 Å². The summed E-state index contributed by atoms with van der Waals surface area (Å²) >= 11 is 0. The molecule has 196 valence electrons. The van der Waals surface area contributed by atoms with E-state index in [1.165, 1.54) is 64.0 Å². The molecular formula is C15H36O14Si4. The van der Waals surface area contributed by atoms with Gasteiger partial charge in [-0.1, -0.05) is 6.58 Å². The highest BCUT2D eigenvalue weighted by Crippen LogP contribution is 2.32. The molecule has 0 atom stereocenters. The second-order valence-corrected chi connectivity index (χ2v) is 16.8. The van der Waals surface area contributed by atoms with Crippen LogP contribution in [0.25, 0.3) is 0 Å². The minimum atomic E-state index is -4.13. The van der Waals surface area contributed by atoms with Crippen LogP contribution >= 0.6 is 0 Å². The second kappa shape index (κ2) is 15.6. The number of esters is 1. The fraction of sp³-hybridized carbons (Fsp3) is 0.800. The van der Waals surface area contributed by atoms with Gasteiger partial charge in [0.2, 0.25) is 0 Å². The Bertz CT molecular complexity index is 491. The third-order valence-electron chi connectivity index (χ3n) is 4.13. The van der Waals surface area contributed by atoms with Gasteiger partial charge in [0.15, 0.2) is 0 Å². The fourth-order valence-corrected chi connectivity index (χ4v) is 14.9. The van der Waals surface area contributed by atoms with Crippen LogP contribution < -0.4 is 0 Å². The van der Waals surface area contributed by atoms with Crippen molar-refractivity contribution in [3.63, 3.8) is 0 Å². The molecule has 0 aromatic rings. The summed E-state index contributed by atoms with van der Waals surface area (Å²) < 4.78 is 72.5. The minimum absolute atomic E-state index is 0.0118. The lowest BCUT2D eigenvalue weighted by molar-refractivity contribution is -0.137. The van der Waals surface area contributed by atoms with Crippen molar-refractivity contribution in [3.05, 3.63) is 12.7 Å². The number of carbonyl (C=O) groups is 1. The molecule has 33 heavy (non-hydrogen) atoms. The van der Waals surface area contributed by atoms with Crippen LogP contribution in [0.1, 0.15) is 6.42 Å². The molecule has 0 unspecified atom stereocenters. The summed E-state index contributed by atoms with van der Waals surface area (Å²) in [6.45, 7) is 3.35. The van der Waals surface area contributed by atoms with E-state index < -0.39 is 41.9 Å². The van der Waals surface area contributed by atoms with Gasteiger partial charge in [-0.3, -0.25) is 0 Å². The van der Waals surface area contributed by atoms with E-state index >= 15 is 0 Å². The van der Waals surface area contributed by atoms with Gasteiger partial charge >= 0.3 is 41.9 Å². The highest BCUT2D eigenvalue weighted by molar-refractivity contribution is 6.82. The molecule has 18 heteroatoms. The number of hydrogen-bond acceptors (Lipinski definition) is 14. The van der Waals surface area contributed by atoms with Crippen molar-refractivity contribution in [3.8, 4) is 0 Å². The van der Waals surface area contributed by atoms with Gasteiger partial charge in [-0.05, 0) is 6.42 Å². The summed E-state index contributed by atoms with van der Waals surface area (Å²) in [6.07, 6.45) is 1.25. The average molecular weight is 553 g/mol. The number of rotatable bonds is 20. The maximum Gasteiger partial charge on any atom is 0.671 e. The van der Waals surface area contributed by atoms with Crippen molar-refractivity contribution in [2.45, 2.75) is 12.5 Å². The smallest absolute Gasteiger partial charge is 0.463 e. The van der Waals surface area contributed by atoms with Crippen molar-refractivity contribution in [2.75, 3.05) is 70.6 Å². The quantitative estimate of drug-likeness (QED) is 0.0880. The lowest BCUT2D eigenvalue weighted by Gasteiger charge is -2.41. The number of carbonyl (C=O) groups excluding carboxylic acids is 1. The molecule has 0 aliphatic rings. The van der Waals surface area contributed by atoms with Gasteiger partial charge in [0.05, 0.1) is 6.61 Å². The molecule has 0 aromatic carbocycles. The molecule has 0 heterocycles. The molecule has 0 aliphatic heterocycles. The summed E-state index contributed by atoms with van der Waals surface area (Å²) in [5, 5.41) is 0. The van der Waals surface area contributed by atoms with Crippen molar-refractivity contribution in [1.29, 1.82) is 0 Å².